The molecule has 0 spiro atoms. The highest BCUT2D eigenvalue weighted by Gasteiger charge is 2.07. The Hall–Kier alpha value is -0.850. The minimum Gasteiger partial charge on any atom is -0.202 e. The SMILES string of the molecule is CCCCCCCCCCC[n+]1ccccc1CCC. The van der Waals surface area contributed by atoms with Gasteiger partial charge in [0.2, 0.25) is 0 Å². The lowest BCUT2D eigenvalue weighted by Gasteiger charge is -2.03. The molecule has 1 nitrogen and oxygen atoms in total. The summed E-state index contributed by atoms with van der Waals surface area (Å²) in [6.07, 6.45) is 17.4. The molecule has 0 radical (unpaired) electrons. The van der Waals surface area contributed by atoms with Crippen molar-refractivity contribution in [1.82, 2.24) is 0 Å². The molecule has 0 aliphatic rings. The van der Waals surface area contributed by atoms with E-state index in [1.807, 2.05) is 0 Å². The van der Waals surface area contributed by atoms with Crippen LogP contribution in [0.15, 0.2) is 24.4 Å². The molecule has 114 valence electrons. The number of aryl methyl sites for hydroxylation is 2. The van der Waals surface area contributed by atoms with Gasteiger partial charge in [-0.05, 0) is 12.8 Å². The van der Waals surface area contributed by atoms with Crippen LogP contribution >= 0.6 is 0 Å². The van der Waals surface area contributed by atoms with Crippen LogP contribution in [0.1, 0.15) is 83.7 Å². The molecule has 0 unspecified atom stereocenters. The molecular formula is C19H34N+. The van der Waals surface area contributed by atoms with Crippen LogP contribution in [0.2, 0.25) is 0 Å². The van der Waals surface area contributed by atoms with Gasteiger partial charge in [0.05, 0.1) is 0 Å². The minimum absolute atomic E-state index is 1.20. The lowest BCUT2D eigenvalue weighted by Crippen LogP contribution is -2.37. The Bertz CT molecular complexity index is 332. The second-order valence-electron chi connectivity index (χ2n) is 5.96. The number of hydrogen-bond donors (Lipinski definition) is 0. The van der Waals surface area contributed by atoms with Gasteiger partial charge in [0.15, 0.2) is 11.9 Å². The summed E-state index contributed by atoms with van der Waals surface area (Å²) < 4.78 is 2.45. The molecule has 0 N–H and O–H groups in total. The first-order valence-corrected chi connectivity index (χ1v) is 8.85. The van der Waals surface area contributed by atoms with Crippen molar-refractivity contribution in [2.75, 3.05) is 0 Å². The summed E-state index contributed by atoms with van der Waals surface area (Å²) in [6.45, 7) is 5.75. The van der Waals surface area contributed by atoms with Gasteiger partial charge in [0.25, 0.3) is 0 Å². The van der Waals surface area contributed by atoms with Gasteiger partial charge in [-0.2, -0.15) is 0 Å². The molecule has 0 amide bonds. The van der Waals surface area contributed by atoms with E-state index in [9.17, 15) is 0 Å². The molecule has 1 heteroatoms. The normalized spacial score (nSPS) is 10.9. The Balaban J connectivity index is 2.06. The number of unbranched alkanes of at least 4 members (excludes halogenated alkanes) is 8. The van der Waals surface area contributed by atoms with Gasteiger partial charge in [-0.1, -0.05) is 64.9 Å². The van der Waals surface area contributed by atoms with Gasteiger partial charge in [0, 0.05) is 25.0 Å². The van der Waals surface area contributed by atoms with E-state index < -0.39 is 0 Å². The summed E-state index contributed by atoms with van der Waals surface area (Å²) in [5.41, 5.74) is 1.49. The van der Waals surface area contributed by atoms with E-state index in [2.05, 4.69) is 42.8 Å². The smallest absolute Gasteiger partial charge is 0.181 e. The van der Waals surface area contributed by atoms with Gasteiger partial charge in [-0.3, -0.25) is 0 Å². The summed E-state index contributed by atoms with van der Waals surface area (Å²) in [5, 5.41) is 0. The van der Waals surface area contributed by atoms with Crippen LogP contribution in [0.5, 0.6) is 0 Å². The monoisotopic (exact) mass is 276 g/mol. The standard InChI is InChI=1S/C19H34N/c1-3-5-6-7-8-9-10-11-13-17-20-18-14-12-16-19(20)15-4-2/h12,14,16,18H,3-11,13,15,17H2,1-2H3/q+1. The van der Waals surface area contributed by atoms with Crippen LogP contribution in [0.4, 0.5) is 0 Å². The summed E-state index contributed by atoms with van der Waals surface area (Å²) in [4.78, 5) is 0. The molecule has 0 aromatic carbocycles. The highest BCUT2D eigenvalue weighted by Crippen LogP contribution is 2.09. The van der Waals surface area contributed by atoms with E-state index in [4.69, 9.17) is 0 Å². The lowest BCUT2D eigenvalue weighted by molar-refractivity contribution is -0.704. The predicted molar refractivity (Wildman–Crippen MR) is 87.9 cm³/mol. The Labute approximate surface area is 126 Å². The zero-order valence-electron chi connectivity index (χ0n) is 13.7. The van der Waals surface area contributed by atoms with E-state index in [1.54, 1.807) is 0 Å². The van der Waals surface area contributed by atoms with Crippen molar-refractivity contribution >= 4 is 0 Å². The van der Waals surface area contributed by atoms with Crippen molar-refractivity contribution in [2.24, 2.45) is 0 Å². The average Bonchev–Trinajstić information content (AvgIpc) is 2.47. The first-order valence-electron chi connectivity index (χ1n) is 8.85. The summed E-state index contributed by atoms with van der Waals surface area (Å²) >= 11 is 0. The summed E-state index contributed by atoms with van der Waals surface area (Å²) in [5.74, 6) is 0. The van der Waals surface area contributed by atoms with Gasteiger partial charge >= 0.3 is 0 Å². The van der Waals surface area contributed by atoms with Gasteiger partial charge in [-0.15, -0.1) is 0 Å². The number of aromatic nitrogens is 1. The quantitative estimate of drug-likeness (QED) is 0.353. The van der Waals surface area contributed by atoms with Crippen LogP contribution in [-0.4, -0.2) is 0 Å². The van der Waals surface area contributed by atoms with E-state index >= 15 is 0 Å². The number of pyridine rings is 1. The van der Waals surface area contributed by atoms with Crippen molar-refractivity contribution in [3.8, 4) is 0 Å². The zero-order valence-corrected chi connectivity index (χ0v) is 13.7. The van der Waals surface area contributed by atoms with Gasteiger partial charge in [0.1, 0.15) is 6.54 Å². The Morgan fingerprint density at radius 3 is 2.05 bits per heavy atom. The molecule has 0 fully saturated rings. The maximum absolute atomic E-state index is 2.45. The Morgan fingerprint density at radius 1 is 0.750 bits per heavy atom. The van der Waals surface area contributed by atoms with E-state index in [1.165, 1.54) is 82.9 Å². The van der Waals surface area contributed by atoms with Crippen molar-refractivity contribution in [2.45, 2.75) is 91.0 Å². The fourth-order valence-electron chi connectivity index (χ4n) is 2.81. The Kier molecular flexibility index (Phi) is 10.3. The third-order valence-corrected chi connectivity index (χ3v) is 4.04. The van der Waals surface area contributed by atoms with Crippen LogP contribution in [-0.2, 0) is 13.0 Å². The van der Waals surface area contributed by atoms with Crippen LogP contribution < -0.4 is 4.57 Å². The summed E-state index contributed by atoms with van der Waals surface area (Å²) in [7, 11) is 0. The Morgan fingerprint density at radius 2 is 1.40 bits per heavy atom. The number of nitrogens with zero attached hydrogens (tertiary/aromatic N) is 1. The van der Waals surface area contributed by atoms with Crippen LogP contribution in [0.25, 0.3) is 0 Å². The molecule has 1 heterocycles. The molecule has 1 rings (SSSR count). The van der Waals surface area contributed by atoms with Crippen molar-refractivity contribution < 1.29 is 4.57 Å². The van der Waals surface area contributed by atoms with Crippen LogP contribution in [0.3, 0.4) is 0 Å². The summed E-state index contributed by atoms with van der Waals surface area (Å²) in [6, 6.07) is 6.60. The molecule has 0 saturated carbocycles. The maximum Gasteiger partial charge on any atom is 0.181 e. The fourth-order valence-corrected chi connectivity index (χ4v) is 2.81. The van der Waals surface area contributed by atoms with Crippen molar-refractivity contribution in [3.05, 3.63) is 30.1 Å². The topological polar surface area (TPSA) is 3.88 Å². The highest BCUT2D eigenvalue weighted by molar-refractivity contribution is 4.97. The second kappa shape index (κ2) is 11.9. The molecule has 20 heavy (non-hydrogen) atoms. The molecule has 0 aliphatic heterocycles. The van der Waals surface area contributed by atoms with E-state index in [-0.39, 0.29) is 0 Å². The molecule has 0 bridgehead atoms. The third kappa shape index (κ3) is 7.67. The third-order valence-electron chi connectivity index (χ3n) is 4.04. The second-order valence-corrected chi connectivity index (χ2v) is 5.96. The molecule has 0 atom stereocenters. The highest BCUT2D eigenvalue weighted by atomic mass is 14.9. The largest absolute Gasteiger partial charge is 0.202 e. The maximum atomic E-state index is 2.45. The van der Waals surface area contributed by atoms with Gasteiger partial charge < -0.3 is 0 Å². The zero-order chi connectivity index (χ0) is 14.5. The van der Waals surface area contributed by atoms with E-state index in [0.29, 0.717) is 0 Å². The number of hydrogen-bond acceptors (Lipinski definition) is 0. The minimum atomic E-state index is 1.20. The van der Waals surface area contributed by atoms with E-state index in [0.717, 1.165) is 0 Å². The first kappa shape index (κ1) is 17.2. The van der Waals surface area contributed by atoms with Crippen LogP contribution in [0, 0.1) is 0 Å². The average molecular weight is 276 g/mol. The molecule has 0 aliphatic carbocycles. The molecule has 1 aromatic rings. The van der Waals surface area contributed by atoms with Crippen molar-refractivity contribution in [1.29, 1.82) is 0 Å². The predicted octanol–water partition coefficient (Wildman–Crippen LogP) is 5.46. The molecular weight excluding hydrogens is 242 g/mol. The van der Waals surface area contributed by atoms with Gasteiger partial charge in [-0.25, -0.2) is 4.57 Å². The van der Waals surface area contributed by atoms with Crippen molar-refractivity contribution in [3.63, 3.8) is 0 Å². The lowest BCUT2D eigenvalue weighted by atomic mass is 10.1. The number of rotatable bonds is 12. The molecule has 1 aromatic heterocycles. The molecule has 0 saturated heterocycles. The fraction of sp³-hybridized carbons (Fsp3) is 0.737. The first-order chi connectivity index (χ1) is 9.88.